The zero-order chi connectivity index (χ0) is 44.9. The molecule has 63 heavy (non-hydrogen) atoms. The monoisotopic (exact) mass is 866 g/mol. The van der Waals surface area contributed by atoms with Gasteiger partial charge in [0.15, 0.2) is 46.7 Å². The van der Waals surface area contributed by atoms with Crippen LogP contribution in [-0.2, 0) is 6.42 Å². The number of hydrogen-bond acceptors (Lipinski definition) is 18. The van der Waals surface area contributed by atoms with E-state index in [1.165, 1.54) is 18.2 Å². The van der Waals surface area contributed by atoms with E-state index in [1.807, 2.05) is 0 Å². The minimum Gasteiger partial charge on any atom is -0.508 e. The number of aliphatic hydroxyl groups is 3. The first-order valence-electron chi connectivity index (χ1n) is 19.3. The summed E-state index contributed by atoms with van der Waals surface area (Å²) >= 11 is 0. The second kappa shape index (κ2) is 14.7. The number of phenolic OH excluding ortho intramolecular Hbond substituents is 12. The molecule has 3 aliphatic heterocycles. The number of rotatable bonds is 5. The first kappa shape index (κ1) is 40.6. The summed E-state index contributed by atoms with van der Waals surface area (Å²) in [4.78, 5) is 0. The number of phenols is 12. The van der Waals surface area contributed by atoms with E-state index < -0.39 is 123 Å². The van der Waals surface area contributed by atoms with Crippen LogP contribution in [0.2, 0.25) is 0 Å². The maximum absolute atomic E-state index is 12.5. The van der Waals surface area contributed by atoms with Gasteiger partial charge in [0.1, 0.15) is 70.1 Å². The van der Waals surface area contributed by atoms with Crippen molar-refractivity contribution in [1.82, 2.24) is 0 Å². The van der Waals surface area contributed by atoms with E-state index in [-0.39, 0.29) is 62.4 Å². The lowest BCUT2D eigenvalue weighted by Crippen LogP contribution is -2.39. The summed E-state index contributed by atoms with van der Waals surface area (Å²) in [7, 11) is 0. The van der Waals surface area contributed by atoms with E-state index in [4.69, 9.17) is 14.2 Å². The summed E-state index contributed by atoms with van der Waals surface area (Å²) in [5, 5.41) is 166. The standard InChI is InChI=1S/C45H38O18/c46-18-10-27(54)33-32(11-18)61-42(16-2-5-21(48)25(52)8-16)39(59)37(33)35-29(56)14-30(57)36-38(40(60)43(63-45(35)36)17-3-6-22(49)26(53)9-17)34-28(55)13-23(50)19-12-31(58)41(62-44(19)34)15-1-4-20(47)24(51)7-15/h1-11,13-14,31,37-43,46-60H,12H2/t31-,37-,38+,39-,40-,41-,42-,43-/m0/s1. The molecule has 18 nitrogen and oxygen atoms in total. The molecule has 3 aliphatic rings. The van der Waals surface area contributed by atoms with Crippen molar-refractivity contribution in [2.24, 2.45) is 0 Å². The Balaban J connectivity index is 1.31. The first-order valence-corrected chi connectivity index (χ1v) is 19.3. The highest BCUT2D eigenvalue weighted by atomic mass is 16.5. The topological polar surface area (TPSA) is 331 Å². The molecule has 0 amide bonds. The van der Waals surface area contributed by atoms with Gasteiger partial charge in [-0.05, 0) is 53.1 Å². The second-order valence-corrected chi connectivity index (χ2v) is 15.7. The van der Waals surface area contributed by atoms with E-state index >= 15 is 0 Å². The van der Waals surface area contributed by atoms with Crippen LogP contribution in [0.4, 0.5) is 0 Å². The van der Waals surface area contributed by atoms with Crippen LogP contribution in [0.1, 0.15) is 74.7 Å². The van der Waals surface area contributed by atoms with Crippen LogP contribution < -0.4 is 14.2 Å². The Bertz CT molecular complexity index is 2840. The Morgan fingerprint density at radius 2 is 0.778 bits per heavy atom. The quantitative estimate of drug-likeness (QED) is 0.106. The third-order valence-corrected chi connectivity index (χ3v) is 11.8. The van der Waals surface area contributed by atoms with Gasteiger partial charge >= 0.3 is 0 Å². The lowest BCUT2D eigenvalue weighted by Gasteiger charge is -2.43. The normalized spacial score (nSPS) is 23.6. The molecule has 9 rings (SSSR count). The van der Waals surface area contributed by atoms with Gasteiger partial charge in [0.25, 0.3) is 0 Å². The second-order valence-electron chi connectivity index (χ2n) is 15.7. The lowest BCUT2D eigenvalue weighted by atomic mass is 9.73. The summed E-state index contributed by atoms with van der Waals surface area (Å²) in [6.45, 7) is 0. The van der Waals surface area contributed by atoms with Crippen molar-refractivity contribution in [3.63, 3.8) is 0 Å². The Labute approximate surface area is 354 Å². The SMILES string of the molecule is Oc1cc(O)c2c(c1)O[C@@H](c1ccc(O)c(O)c1)[C@@H](O)[C@@H]2c1c(O)cc(O)c2c1O[C@@H](c1ccc(O)c(O)c1)[C@@H](O)[C@@H]2c1c(O)cc(O)c2c1O[C@@H](c1ccc(O)c(O)c1)[C@@H](O)C2. The first-order chi connectivity index (χ1) is 29.9. The summed E-state index contributed by atoms with van der Waals surface area (Å²) in [5.74, 6) is -11.5. The third kappa shape index (κ3) is 6.46. The molecule has 0 radical (unpaired) electrons. The zero-order valence-electron chi connectivity index (χ0n) is 32.3. The van der Waals surface area contributed by atoms with Gasteiger partial charge in [0.2, 0.25) is 0 Å². The average molecular weight is 867 g/mol. The van der Waals surface area contributed by atoms with Crippen LogP contribution in [-0.4, -0.2) is 94.9 Å². The summed E-state index contributed by atoms with van der Waals surface area (Å²) in [5.41, 5.74) is -1.10. The van der Waals surface area contributed by atoms with Crippen molar-refractivity contribution in [2.75, 3.05) is 0 Å². The van der Waals surface area contributed by atoms with Crippen LogP contribution in [0, 0.1) is 0 Å². The van der Waals surface area contributed by atoms with Gasteiger partial charge in [-0.25, -0.2) is 0 Å². The Kier molecular flexibility index (Phi) is 9.46. The third-order valence-electron chi connectivity index (χ3n) is 11.8. The molecule has 0 fully saturated rings. The number of fused-ring (bicyclic) bond motifs is 3. The van der Waals surface area contributed by atoms with Gasteiger partial charge in [-0.1, -0.05) is 18.2 Å². The molecular weight excluding hydrogens is 828 g/mol. The summed E-state index contributed by atoms with van der Waals surface area (Å²) < 4.78 is 18.9. The molecule has 15 N–H and O–H groups in total. The smallest absolute Gasteiger partial charge is 0.157 e. The number of ether oxygens (including phenoxy) is 3. The molecule has 3 heterocycles. The highest BCUT2D eigenvalue weighted by molar-refractivity contribution is 5.70. The van der Waals surface area contributed by atoms with Crippen LogP contribution >= 0.6 is 0 Å². The lowest BCUT2D eigenvalue weighted by molar-refractivity contribution is -0.00562. The molecule has 326 valence electrons. The minimum atomic E-state index is -1.90. The predicted molar refractivity (Wildman–Crippen MR) is 214 cm³/mol. The Hall–Kier alpha value is -7.80. The van der Waals surface area contributed by atoms with Crippen molar-refractivity contribution in [3.05, 3.63) is 123 Å². The number of benzene rings is 6. The number of aliphatic hydroxyl groups excluding tert-OH is 3. The molecule has 6 aromatic carbocycles. The maximum Gasteiger partial charge on any atom is 0.157 e. The maximum atomic E-state index is 12.5. The molecule has 6 aromatic rings. The largest absolute Gasteiger partial charge is 0.508 e. The van der Waals surface area contributed by atoms with Crippen molar-refractivity contribution >= 4 is 0 Å². The highest BCUT2D eigenvalue weighted by Gasteiger charge is 2.51. The minimum absolute atomic E-state index is 0.0127. The predicted octanol–water partition coefficient (Wildman–Crippen LogP) is 4.44. The Morgan fingerprint density at radius 3 is 1.29 bits per heavy atom. The van der Waals surface area contributed by atoms with E-state index in [0.717, 1.165) is 60.7 Å². The van der Waals surface area contributed by atoms with Crippen LogP contribution in [0.15, 0.2) is 78.9 Å². The van der Waals surface area contributed by atoms with Crippen LogP contribution in [0.5, 0.6) is 86.2 Å². The molecule has 0 unspecified atom stereocenters. The molecule has 0 aromatic heterocycles. The van der Waals surface area contributed by atoms with Crippen molar-refractivity contribution in [3.8, 4) is 86.2 Å². The number of aromatic hydroxyl groups is 12. The van der Waals surface area contributed by atoms with Gasteiger partial charge in [-0.15, -0.1) is 0 Å². The molecule has 0 saturated carbocycles. The molecule has 0 aliphatic carbocycles. The summed E-state index contributed by atoms with van der Waals surface area (Å²) in [6, 6.07) is 14.4. The van der Waals surface area contributed by atoms with Gasteiger partial charge in [-0.2, -0.15) is 0 Å². The average Bonchev–Trinajstić information content (AvgIpc) is 3.22. The molecule has 18 heteroatoms. The van der Waals surface area contributed by atoms with Crippen molar-refractivity contribution in [1.29, 1.82) is 0 Å². The highest BCUT2D eigenvalue weighted by Crippen LogP contribution is 2.62. The fraction of sp³-hybridized carbons (Fsp3) is 0.200. The van der Waals surface area contributed by atoms with Gasteiger partial charge in [0.05, 0.1) is 17.9 Å². The fourth-order valence-electron chi connectivity index (χ4n) is 8.94. The van der Waals surface area contributed by atoms with Gasteiger partial charge in [-0.3, -0.25) is 0 Å². The number of hydrogen-bond donors (Lipinski definition) is 15. The summed E-state index contributed by atoms with van der Waals surface area (Å²) in [6.07, 6.45) is -9.93. The molecular formula is C45H38O18. The fourth-order valence-corrected chi connectivity index (χ4v) is 8.94. The Morgan fingerprint density at radius 1 is 0.365 bits per heavy atom. The zero-order valence-corrected chi connectivity index (χ0v) is 32.3. The van der Waals surface area contributed by atoms with Gasteiger partial charge < -0.3 is 90.8 Å². The molecule has 0 spiro atoms. The van der Waals surface area contributed by atoms with Crippen molar-refractivity contribution in [2.45, 2.75) is 54.9 Å². The van der Waals surface area contributed by atoms with Crippen molar-refractivity contribution < 1.29 is 90.8 Å². The van der Waals surface area contributed by atoms with Gasteiger partial charge in [0, 0.05) is 58.5 Å². The molecule has 8 atom stereocenters. The molecule has 0 bridgehead atoms. The van der Waals surface area contributed by atoms with E-state index in [0.29, 0.717) is 0 Å². The van der Waals surface area contributed by atoms with Crippen LogP contribution in [0.3, 0.4) is 0 Å². The van der Waals surface area contributed by atoms with E-state index in [1.54, 1.807) is 0 Å². The van der Waals surface area contributed by atoms with E-state index in [2.05, 4.69) is 0 Å². The molecule has 0 saturated heterocycles. The van der Waals surface area contributed by atoms with E-state index in [9.17, 15) is 76.6 Å². The van der Waals surface area contributed by atoms with Crippen LogP contribution in [0.25, 0.3) is 0 Å².